The molecule has 1 aliphatic heterocycles. The minimum Gasteiger partial charge on any atom is -0.378 e. The predicted molar refractivity (Wildman–Crippen MR) is 86.6 cm³/mol. The van der Waals surface area contributed by atoms with E-state index in [9.17, 15) is 4.79 Å². The zero-order chi connectivity index (χ0) is 15.2. The van der Waals surface area contributed by atoms with Crippen LogP contribution in [-0.2, 0) is 9.53 Å². The van der Waals surface area contributed by atoms with Crippen molar-refractivity contribution in [3.63, 3.8) is 0 Å². The highest BCUT2D eigenvalue weighted by molar-refractivity contribution is 5.86. The van der Waals surface area contributed by atoms with Crippen LogP contribution in [0.25, 0.3) is 0 Å². The average molecular weight is 296 g/mol. The Morgan fingerprint density at radius 1 is 0.955 bits per heavy atom. The van der Waals surface area contributed by atoms with Gasteiger partial charge in [-0.2, -0.15) is 0 Å². The highest BCUT2D eigenvalue weighted by Gasteiger charge is 2.27. The highest BCUT2D eigenvalue weighted by Crippen LogP contribution is 2.22. The Kier molecular flexibility index (Phi) is 4.71. The number of benzene rings is 2. The van der Waals surface area contributed by atoms with Gasteiger partial charge in [0.25, 0.3) is 0 Å². The van der Waals surface area contributed by atoms with Gasteiger partial charge < -0.3 is 15.0 Å². The second kappa shape index (κ2) is 7.09. The van der Waals surface area contributed by atoms with Crippen molar-refractivity contribution in [3.05, 3.63) is 66.2 Å². The van der Waals surface area contributed by atoms with Gasteiger partial charge in [-0.3, -0.25) is 4.79 Å². The molecule has 1 amide bonds. The first-order chi connectivity index (χ1) is 10.8. The first-order valence-electron chi connectivity index (χ1n) is 7.57. The molecule has 0 spiro atoms. The van der Waals surface area contributed by atoms with Crippen LogP contribution in [0.1, 0.15) is 11.6 Å². The highest BCUT2D eigenvalue weighted by atomic mass is 16.5. The Hall–Kier alpha value is -2.33. The molecule has 114 valence electrons. The molecule has 0 radical (unpaired) electrons. The van der Waals surface area contributed by atoms with E-state index >= 15 is 0 Å². The van der Waals surface area contributed by atoms with Gasteiger partial charge in [0.1, 0.15) is 6.04 Å². The van der Waals surface area contributed by atoms with Crippen molar-refractivity contribution in [2.75, 3.05) is 31.6 Å². The molecule has 4 heteroatoms. The number of nitrogens with one attached hydrogen (secondary N) is 1. The van der Waals surface area contributed by atoms with E-state index in [-0.39, 0.29) is 11.9 Å². The quantitative estimate of drug-likeness (QED) is 0.943. The molecule has 1 fully saturated rings. The van der Waals surface area contributed by atoms with E-state index in [0.717, 1.165) is 11.3 Å². The molecule has 4 nitrogen and oxygen atoms in total. The molecule has 2 aromatic rings. The summed E-state index contributed by atoms with van der Waals surface area (Å²) in [5.74, 6) is 0.0957. The lowest BCUT2D eigenvalue weighted by atomic mass is 10.0. The molecule has 0 bridgehead atoms. The van der Waals surface area contributed by atoms with E-state index in [4.69, 9.17) is 4.74 Å². The zero-order valence-corrected chi connectivity index (χ0v) is 12.4. The number of morpholine rings is 1. The summed E-state index contributed by atoms with van der Waals surface area (Å²) in [5, 5.41) is 3.36. The van der Waals surface area contributed by atoms with Crippen LogP contribution in [0, 0.1) is 0 Å². The molecule has 0 aliphatic carbocycles. The maximum atomic E-state index is 12.9. The van der Waals surface area contributed by atoms with Crippen molar-refractivity contribution >= 4 is 11.6 Å². The molecule has 0 saturated carbocycles. The van der Waals surface area contributed by atoms with E-state index in [1.165, 1.54) is 0 Å². The van der Waals surface area contributed by atoms with E-state index in [1.54, 1.807) is 0 Å². The van der Waals surface area contributed by atoms with Crippen LogP contribution >= 0.6 is 0 Å². The first kappa shape index (κ1) is 14.6. The molecule has 0 aromatic heterocycles. The molecule has 1 saturated heterocycles. The lowest BCUT2D eigenvalue weighted by Gasteiger charge is -2.31. The van der Waals surface area contributed by atoms with E-state index in [2.05, 4.69) is 5.32 Å². The molecule has 2 aromatic carbocycles. The van der Waals surface area contributed by atoms with Gasteiger partial charge in [0, 0.05) is 18.8 Å². The Bertz CT molecular complexity index is 595. The number of ether oxygens (including phenoxy) is 1. The van der Waals surface area contributed by atoms with Crippen molar-refractivity contribution in [2.45, 2.75) is 6.04 Å². The van der Waals surface area contributed by atoms with Crippen LogP contribution in [0.5, 0.6) is 0 Å². The van der Waals surface area contributed by atoms with E-state index < -0.39 is 0 Å². The second-order valence-electron chi connectivity index (χ2n) is 5.29. The molecule has 1 atom stereocenters. The van der Waals surface area contributed by atoms with Gasteiger partial charge in [-0.1, -0.05) is 48.5 Å². The number of hydrogen-bond acceptors (Lipinski definition) is 3. The SMILES string of the molecule is O=C(C(Nc1ccccc1)c1ccccc1)N1CCOCC1. The predicted octanol–water partition coefficient (Wildman–Crippen LogP) is 2.70. The van der Waals surface area contributed by atoms with Crippen molar-refractivity contribution in [2.24, 2.45) is 0 Å². The van der Waals surface area contributed by atoms with Crippen molar-refractivity contribution in [3.8, 4) is 0 Å². The third-order valence-electron chi connectivity index (χ3n) is 3.79. The first-order valence-corrected chi connectivity index (χ1v) is 7.57. The fraction of sp³-hybridized carbons (Fsp3) is 0.278. The van der Waals surface area contributed by atoms with Crippen LogP contribution in [0.15, 0.2) is 60.7 Å². The molecular weight excluding hydrogens is 276 g/mol. The summed E-state index contributed by atoms with van der Waals surface area (Å²) in [5.41, 5.74) is 1.92. The van der Waals surface area contributed by atoms with Crippen LogP contribution in [0.2, 0.25) is 0 Å². The smallest absolute Gasteiger partial charge is 0.249 e. The van der Waals surface area contributed by atoms with E-state index in [1.807, 2.05) is 65.6 Å². The molecule has 1 N–H and O–H groups in total. The molecule has 22 heavy (non-hydrogen) atoms. The van der Waals surface area contributed by atoms with E-state index in [0.29, 0.717) is 26.3 Å². The van der Waals surface area contributed by atoms with Gasteiger partial charge in [0.05, 0.1) is 13.2 Å². The van der Waals surface area contributed by atoms with Gasteiger partial charge in [-0.15, -0.1) is 0 Å². The Morgan fingerprint density at radius 2 is 1.55 bits per heavy atom. The maximum absolute atomic E-state index is 12.9. The fourth-order valence-corrected chi connectivity index (χ4v) is 2.60. The van der Waals surface area contributed by atoms with Crippen LogP contribution < -0.4 is 5.32 Å². The normalized spacial score (nSPS) is 16.1. The maximum Gasteiger partial charge on any atom is 0.249 e. The number of carbonyl (C=O) groups is 1. The summed E-state index contributed by atoms with van der Waals surface area (Å²) in [6, 6.07) is 19.3. The molecule has 1 unspecified atom stereocenters. The summed E-state index contributed by atoms with van der Waals surface area (Å²) in [6.07, 6.45) is 0. The van der Waals surface area contributed by atoms with Crippen LogP contribution in [-0.4, -0.2) is 37.1 Å². The summed E-state index contributed by atoms with van der Waals surface area (Å²) in [6.45, 7) is 2.52. The van der Waals surface area contributed by atoms with Crippen molar-refractivity contribution in [1.82, 2.24) is 4.90 Å². The average Bonchev–Trinajstić information content (AvgIpc) is 2.61. The molecule has 3 rings (SSSR count). The number of nitrogens with zero attached hydrogens (tertiary/aromatic N) is 1. The Labute approximate surface area is 130 Å². The van der Waals surface area contributed by atoms with Crippen molar-refractivity contribution < 1.29 is 9.53 Å². The topological polar surface area (TPSA) is 41.6 Å². The molecule has 1 heterocycles. The number of hydrogen-bond donors (Lipinski definition) is 1. The number of rotatable bonds is 4. The lowest BCUT2D eigenvalue weighted by molar-refractivity contribution is -0.136. The van der Waals surface area contributed by atoms with Crippen LogP contribution in [0.3, 0.4) is 0 Å². The third kappa shape index (κ3) is 3.46. The minimum absolute atomic E-state index is 0.0957. The zero-order valence-electron chi connectivity index (χ0n) is 12.4. The summed E-state index contributed by atoms with van der Waals surface area (Å²) in [4.78, 5) is 14.8. The number of amides is 1. The Morgan fingerprint density at radius 3 is 2.18 bits per heavy atom. The fourth-order valence-electron chi connectivity index (χ4n) is 2.60. The van der Waals surface area contributed by atoms with Crippen LogP contribution in [0.4, 0.5) is 5.69 Å². The van der Waals surface area contributed by atoms with Gasteiger partial charge in [-0.05, 0) is 17.7 Å². The largest absolute Gasteiger partial charge is 0.378 e. The Balaban J connectivity index is 1.84. The van der Waals surface area contributed by atoms with Gasteiger partial charge in [0.15, 0.2) is 0 Å². The molecular formula is C18H20N2O2. The third-order valence-corrected chi connectivity index (χ3v) is 3.79. The van der Waals surface area contributed by atoms with Gasteiger partial charge in [0.2, 0.25) is 5.91 Å². The number of para-hydroxylation sites is 1. The minimum atomic E-state index is -0.373. The summed E-state index contributed by atoms with van der Waals surface area (Å²) in [7, 11) is 0. The summed E-state index contributed by atoms with van der Waals surface area (Å²) >= 11 is 0. The molecule has 1 aliphatic rings. The van der Waals surface area contributed by atoms with Gasteiger partial charge >= 0.3 is 0 Å². The van der Waals surface area contributed by atoms with Gasteiger partial charge in [-0.25, -0.2) is 0 Å². The number of anilines is 1. The van der Waals surface area contributed by atoms with Crippen molar-refractivity contribution in [1.29, 1.82) is 0 Å². The summed E-state index contributed by atoms with van der Waals surface area (Å²) < 4.78 is 5.34. The number of carbonyl (C=O) groups excluding carboxylic acids is 1. The monoisotopic (exact) mass is 296 g/mol. The second-order valence-corrected chi connectivity index (χ2v) is 5.29. The lowest BCUT2D eigenvalue weighted by Crippen LogP contribution is -2.44. The standard InChI is InChI=1S/C18H20N2O2/c21-18(20-11-13-22-14-12-20)17(15-7-3-1-4-8-15)19-16-9-5-2-6-10-16/h1-10,17,19H,11-14H2.